The van der Waals surface area contributed by atoms with E-state index in [1.165, 1.54) is 25.7 Å². The molecule has 2 fully saturated rings. The molecule has 1 aliphatic carbocycles. The Hall–Kier alpha value is -1.16. The van der Waals surface area contributed by atoms with E-state index in [-0.39, 0.29) is 0 Å². The number of hydrogen-bond acceptors (Lipinski definition) is 4. The molecule has 0 aromatic carbocycles. The molecule has 1 aliphatic heterocycles. The predicted octanol–water partition coefficient (Wildman–Crippen LogP) is 2.96. The molecule has 0 bridgehead atoms. The molecule has 3 rings (SSSR count). The minimum absolute atomic E-state index is 0.441. The fourth-order valence-electron chi connectivity index (χ4n) is 3.26. The van der Waals surface area contributed by atoms with E-state index in [2.05, 4.69) is 14.9 Å². The molecule has 0 atom stereocenters. The molecule has 2 heterocycles. The summed E-state index contributed by atoms with van der Waals surface area (Å²) in [6, 6.07) is 1.95. The van der Waals surface area contributed by atoms with Gasteiger partial charge in [0.05, 0.1) is 6.10 Å². The van der Waals surface area contributed by atoms with Crippen LogP contribution in [0.3, 0.4) is 0 Å². The summed E-state index contributed by atoms with van der Waals surface area (Å²) >= 11 is 0. The van der Waals surface area contributed by atoms with Gasteiger partial charge in [-0.2, -0.15) is 0 Å². The zero-order valence-electron chi connectivity index (χ0n) is 12.4. The van der Waals surface area contributed by atoms with Gasteiger partial charge in [0.1, 0.15) is 0 Å². The molecule has 4 heteroatoms. The van der Waals surface area contributed by atoms with Gasteiger partial charge < -0.3 is 9.64 Å². The number of hydrogen-bond donors (Lipinski definition) is 0. The largest absolute Gasteiger partial charge is 0.378 e. The smallest absolute Gasteiger partial charge is 0.225 e. The normalized spacial score (nSPS) is 21.6. The number of ether oxygens (including phenoxy) is 1. The Morgan fingerprint density at radius 2 is 1.95 bits per heavy atom. The standard InChI is InChI=1S/C16H25N3O/c1-13-6-9-17-16(18-13)19-10-7-15(8-11-19)20-12-14-4-2-3-5-14/h6,9,14-15H,2-5,7-8,10-12H2,1H3. The van der Waals surface area contributed by atoms with Crippen LogP contribution in [-0.4, -0.2) is 35.8 Å². The molecular formula is C16H25N3O. The monoisotopic (exact) mass is 275 g/mol. The van der Waals surface area contributed by atoms with Crippen molar-refractivity contribution in [2.24, 2.45) is 5.92 Å². The van der Waals surface area contributed by atoms with Crippen LogP contribution in [0.5, 0.6) is 0 Å². The Morgan fingerprint density at radius 3 is 2.65 bits per heavy atom. The van der Waals surface area contributed by atoms with Crippen molar-refractivity contribution >= 4 is 5.95 Å². The molecular weight excluding hydrogens is 250 g/mol. The molecule has 0 amide bonds. The van der Waals surface area contributed by atoms with Gasteiger partial charge in [0.2, 0.25) is 5.95 Å². The Balaban J connectivity index is 1.44. The predicted molar refractivity (Wildman–Crippen MR) is 79.9 cm³/mol. The van der Waals surface area contributed by atoms with Crippen molar-refractivity contribution in [2.45, 2.75) is 51.6 Å². The molecule has 0 spiro atoms. The van der Waals surface area contributed by atoms with Crippen LogP contribution < -0.4 is 4.90 Å². The Labute approximate surface area is 121 Å². The Bertz CT molecular complexity index is 423. The first-order valence-corrected chi connectivity index (χ1v) is 7.97. The molecule has 110 valence electrons. The second kappa shape index (κ2) is 6.53. The fourth-order valence-corrected chi connectivity index (χ4v) is 3.26. The van der Waals surface area contributed by atoms with Crippen LogP contribution in [0.25, 0.3) is 0 Å². The molecule has 1 saturated heterocycles. The maximum Gasteiger partial charge on any atom is 0.225 e. The number of anilines is 1. The van der Waals surface area contributed by atoms with Gasteiger partial charge in [-0.05, 0) is 44.6 Å². The number of nitrogens with zero attached hydrogens (tertiary/aromatic N) is 3. The van der Waals surface area contributed by atoms with Crippen LogP contribution in [0.4, 0.5) is 5.95 Å². The number of rotatable bonds is 4. The molecule has 2 aliphatic rings. The van der Waals surface area contributed by atoms with Crippen LogP contribution in [0.2, 0.25) is 0 Å². The summed E-state index contributed by atoms with van der Waals surface area (Å²) in [5.74, 6) is 1.70. The average Bonchev–Trinajstić information content (AvgIpc) is 2.99. The van der Waals surface area contributed by atoms with Crippen molar-refractivity contribution in [3.8, 4) is 0 Å². The number of piperidine rings is 1. The summed E-state index contributed by atoms with van der Waals surface area (Å²) in [6.07, 6.45) is 10.0. The summed E-state index contributed by atoms with van der Waals surface area (Å²) < 4.78 is 6.11. The molecule has 0 N–H and O–H groups in total. The van der Waals surface area contributed by atoms with E-state index < -0.39 is 0 Å². The third-order valence-electron chi connectivity index (χ3n) is 4.55. The van der Waals surface area contributed by atoms with Crippen molar-refractivity contribution in [1.82, 2.24) is 9.97 Å². The lowest BCUT2D eigenvalue weighted by Gasteiger charge is -2.32. The molecule has 0 radical (unpaired) electrons. The third-order valence-corrected chi connectivity index (χ3v) is 4.55. The molecule has 1 aromatic rings. The Kier molecular flexibility index (Phi) is 4.51. The van der Waals surface area contributed by atoms with Gasteiger partial charge in [0.25, 0.3) is 0 Å². The van der Waals surface area contributed by atoms with Crippen molar-refractivity contribution < 1.29 is 4.74 Å². The summed E-state index contributed by atoms with van der Waals surface area (Å²) in [5.41, 5.74) is 1.04. The van der Waals surface area contributed by atoms with E-state index >= 15 is 0 Å². The first-order chi connectivity index (χ1) is 9.81. The van der Waals surface area contributed by atoms with Gasteiger partial charge in [-0.25, -0.2) is 9.97 Å². The van der Waals surface area contributed by atoms with Crippen molar-refractivity contribution in [3.63, 3.8) is 0 Å². The first kappa shape index (κ1) is 13.8. The van der Waals surface area contributed by atoms with Gasteiger partial charge in [-0.3, -0.25) is 0 Å². The van der Waals surface area contributed by atoms with Gasteiger partial charge in [-0.15, -0.1) is 0 Å². The number of aryl methyl sites for hydroxylation is 1. The maximum absolute atomic E-state index is 6.11. The third kappa shape index (κ3) is 3.48. The van der Waals surface area contributed by atoms with Crippen LogP contribution in [0, 0.1) is 12.8 Å². The van der Waals surface area contributed by atoms with Gasteiger partial charge in [-0.1, -0.05) is 12.8 Å². The Morgan fingerprint density at radius 1 is 1.20 bits per heavy atom. The molecule has 4 nitrogen and oxygen atoms in total. The lowest BCUT2D eigenvalue weighted by molar-refractivity contribution is 0.0163. The lowest BCUT2D eigenvalue weighted by Crippen LogP contribution is -2.38. The van der Waals surface area contributed by atoms with Crippen LogP contribution in [0.1, 0.15) is 44.2 Å². The van der Waals surface area contributed by atoms with E-state index in [1.54, 1.807) is 0 Å². The van der Waals surface area contributed by atoms with Crippen molar-refractivity contribution in [1.29, 1.82) is 0 Å². The van der Waals surface area contributed by atoms with E-state index in [0.717, 1.165) is 50.1 Å². The molecule has 1 aromatic heterocycles. The zero-order chi connectivity index (χ0) is 13.8. The molecule has 0 unspecified atom stereocenters. The van der Waals surface area contributed by atoms with Crippen molar-refractivity contribution in [2.75, 3.05) is 24.6 Å². The van der Waals surface area contributed by atoms with Gasteiger partial charge in [0, 0.05) is 31.6 Å². The van der Waals surface area contributed by atoms with Crippen LogP contribution in [0.15, 0.2) is 12.3 Å². The maximum atomic E-state index is 6.11. The summed E-state index contributed by atoms with van der Waals surface area (Å²) in [5, 5.41) is 0. The first-order valence-electron chi connectivity index (χ1n) is 7.97. The second-order valence-electron chi connectivity index (χ2n) is 6.17. The highest BCUT2D eigenvalue weighted by atomic mass is 16.5. The van der Waals surface area contributed by atoms with Crippen LogP contribution >= 0.6 is 0 Å². The topological polar surface area (TPSA) is 38.2 Å². The highest BCUT2D eigenvalue weighted by molar-refractivity contribution is 5.30. The second-order valence-corrected chi connectivity index (χ2v) is 6.17. The average molecular weight is 275 g/mol. The minimum Gasteiger partial charge on any atom is -0.378 e. The van der Waals surface area contributed by atoms with Crippen LogP contribution in [-0.2, 0) is 4.74 Å². The zero-order valence-corrected chi connectivity index (χ0v) is 12.4. The SMILES string of the molecule is Cc1ccnc(N2CCC(OCC3CCCC3)CC2)n1. The van der Waals surface area contributed by atoms with Gasteiger partial charge >= 0.3 is 0 Å². The summed E-state index contributed by atoms with van der Waals surface area (Å²) in [4.78, 5) is 11.2. The van der Waals surface area contributed by atoms with Gasteiger partial charge in [0.15, 0.2) is 0 Å². The quantitative estimate of drug-likeness (QED) is 0.847. The molecule has 20 heavy (non-hydrogen) atoms. The highest BCUT2D eigenvalue weighted by Gasteiger charge is 2.23. The van der Waals surface area contributed by atoms with E-state index in [1.807, 2.05) is 19.2 Å². The number of aromatic nitrogens is 2. The highest BCUT2D eigenvalue weighted by Crippen LogP contribution is 2.26. The molecule has 1 saturated carbocycles. The van der Waals surface area contributed by atoms with Crippen molar-refractivity contribution in [3.05, 3.63) is 18.0 Å². The van der Waals surface area contributed by atoms with E-state index in [4.69, 9.17) is 4.74 Å². The lowest BCUT2D eigenvalue weighted by atomic mass is 10.1. The van der Waals surface area contributed by atoms with E-state index in [0.29, 0.717) is 6.10 Å². The summed E-state index contributed by atoms with van der Waals surface area (Å²) in [6.45, 7) is 5.02. The minimum atomic E-state index is 0.441. The fraction of sp³-hybridized carbons (Fsp3) is 0.750. The van der Waals surface area contributed by atoms with E-state index in [9.17, 15) is 0 Å². The summed E-state index contributed by atoms with van der Waals surface area (Å²) in [7, 11) is 0.